The molecule has 0 aromatic heterocycles. The number of carboxylic acids is 1. The van der Waals surface area contributed by atoms with Crippen LogP contribution in [0.5, 0.6) is 0 Å². The number of carbonyl (C=O) groups is 1. The third-order valence-corrected chi connectivity index (χ3v) is 6.10. The molecule has 0 aromatic rings. The Labute approximate surface area is 162 Å². The highest BCUT2D eigenvalue weighted by molar-refractivity contribution is 5.67. The number of unbranched alkanes of at least 4 members (excludes halogenated alkanes) is 3. The maximum Gasteiger partial charge on any atom is 0.329 e. The molecule has 2 fully saturated rings. The molecule has 27 heavy (non-hydrogen) atoms. The SMILES string of the molecule is C#CCCCCCC(O)C=C[C@H]1[C@@H]2CC(CCOCC(=O)O)C[C@H]2C[C@H]1O. The van der Waals surface area contributed by atoms with E-state index >= 15 is 0 Å². The number of fused-ring (bicyclic) bond motifs is 1. The fourth-order valence-corrected chi connectivity index (χ4v) is 4.80. The second-order valence-corrected chi connectivity index (χ2v) is 8.13. The lowest BCUT2D eigenvalue weighted by atomic mass is 9.89. The van der Waals surface area contributed by atoms with Crippen LogP contribution in [0.2, 0.25) is 0 Å². The van der Waals surface area contributed by atoms with Gasteiger partial charge in [0, 0.05) is 18.9 Å². The average Bonchev–Trinajstić information content (AvgIpc) is 3.13. The molecule has 6 atom stereocenters. The molecule has 3 N–H and O–H groups in total. The van der Waals surface area contributed by atoms with Crippen molar-refractivity contribution in [1.29, 1.82) is 0 Å². The molecule has 2 aliphatic rings. The molecule has 2 aliphatic carbocycles. The van der Waals surface area contributed by atoms with Gasteiger partial charge in [-0.1, -0.05) is 25.0 Å². The quantitative estimate of drug-likeness (QED) is 0.276. The summed E-state index contributed by atoms with van der Waals surface area (Å²) >= 11 is 0. The Balaban J connectivity index is 1.72. The standard InChI is InChI=1S/C22H34O5/c1-2-3-4-5-6-7-18(23)8-9-19-20-13-16(10-11-27-15-22(25)26)12-17(20)14-21(19)24/h1,8-9,16-21,23-24H,3-7,10-15H2,(H,25,26)/t16?,17-,18?,19-,20+,21+/m0/s1. The van der Waals surface area contributed by atoms with Crippen LogP contribution in [0, 0.1) is 36.0 Å². The molecule has 152 valence electrons. The number of hydrogen-bond acceptors (Lipinski definition) is 4. The summed E-state index contributed by atoms with van der Waals surface area (Å²) < 4.78 is 5.16. The number of ether oxygens (including phenoxy) is 1. The zero-order chi connectivity index (χ0) is 19.6. The van der Waals surface area contributed by atoms with Crippen LogP contribution in [0.15, 0.2) is 12.2 Å². The molecule has 0 radical (unpaired) electrons. The van der Waals surface area contributed by atoms with E-state index in [9.17, 15) is 15.0 Å². The molecule has 2 unspecified atom stereocenters. The van der Waals surface area contributed by atoms with Gasteiger partial charge in [0.15, 0.2) is 0 Å². The van der Waals surface area contributed by atoms with Gasteiger partial charge >= 0.3 is 5.97 Å². The van der Waals surface area contributed by atoms with Gasteiger partial charge in [0.05, 0.1) is 12.2 Å². The predicted octanol–water partition coefficient (Wildman–Crippen LogP) is 3.00. The predicted molar refractivity (Wildman–Crippen MR) is 104 cm³/mol. The maximum atomic E-state index is 10.5. The molecular weight excluding hydrogens is 344 g/mol. The monoisotopic (exact) mass is 378 g/mol. The summed E-state index contributed by atoms with van der Waals surface area (Å²) in [5.41, 5.74) is 0. The topological polar surface area (TPSA) is 87.0 Å². The first-order valence-electron chi connectivity index (χ1n) is 10.3. The molecule has 0 spiro atoms. The van der Waals surface area contributed by atoms with Gasteiger partial charge in [-0.05, 0) is 56.3 Å². The van der Waals surface area contributed by atoms with E-state index in [-0.39, 0.29) is 18.6 Å². The summed E-state index contributed by atoms with van der Waals surface area (Å²) in [5.74, 6) is 3.35. The van der Waals surface area contributed by atoms with Gasteiger partial charge in [0.25, 0.3) is 0 Å². The Morgan fingerprint density at radius 3 is 2.81 bits per heavy atom. The highest BCUT2D eigenvalue weighted by Gasteiger charge is 2.46. The first kappa shape index (κ1) is 21.9. The zero-order valence-corrected chi connectivity index (χ0v) is 16.1. The molecule has 0 saturated heterocycles. The third kappa shape index (κ3) is 7.29. The minimum Gasteiger partial charge on any atom is -0.480 e. The van der Waals surface area contributed by atoms with Crippen LogP contribution in [-0.2, 0) is 9.53 Å². The number of aliphatic hydroxyl groups excluding tert-OH is 2. The molecule has 5 nitrogen and oxygen atoms in total. The van der Waals surface area contributed by atoms with Crippen LogP contribution < -0.4 is 0 Å². The number of hydrogen-bond donors (Lipinski definition) is 3. The van der Waals surface area contributed by atoms with Crippen LogP contribution in [0.25, 0.3) is 0 Å². The molecule has 2 rings (SSSR count). The Morgan fingerprint density at radius 2 is 2.07 bits per heavy atom. The van der Waals surface area contributed by atoms with Gasteiger partial charge in [0.2, 0.25) is 0 Å². The van der Waals surface area contributed by atoms with E-state index < -0.39 is 12.1 Å². The largest absolute Gasteiger partial charge is 0.480 e. The fourth-order valence-electron chi connectivity index (χ4n) is 4.80. The summed E-state index contributed by atoms with van der Waals surface area (Å²) in [4.78, 5) is 10.5. The second kappa shape index (κ2) is 11.5. The minimum absolute atomic E-state index is 0.121. The molecule has 5 heteroatoms. The van der Waals surface area contributed by atoms with E-state index in [2.05, 4.69) is 5.92 Å². The van der Waals surface area contributed by atoms with E-state index in [1.807, 2.05) is 12.2 Å². The van der Waals surface area contributed by atoms with E-state index in [1.165, 1.54) is 0 Å². The molecular formula is C22H34O5. The van der Waals surface area contributed by atoms with Crippen molar-refractivity contribution in [2.24, 2.45) is 23.7 Å². The lowest BCUT2D eigenvalue weighted by Gasteiger charge is -2.19. The van der Waals surface area contributed by atoms with Crippen molar-refractivity contribution in [1.82, 2.24) is 0 Å². The van der Waals surface area contributed by atoms with Gasteiger partial charge in [-0.25, -0.2) is 4.79 Å². The smallest absolute Gasteiger partial charge is 0.329 e. The summed E-state index contributed by atoms with van der Waals surface area (Å²) in [6.45, 7) is 0.252. The first-order valence-corrected chi connectivity index (χ1v) is 10.3. The second-order valence-electron chi connectivity index (χ2n) is 8.13. The van der Waals surface area contributed by atoms with Crippen LogP contribution >= 0.6 is 0 Å². The van der Waals surface area contributed by atoms with Gasteiger partial charge in [0.1, 0.15) is 6.61 Å². The van der Waals surface area contributed by atoms with Crippen molar-refractivity contribution >= 4 is 5.97 Å². The molecule has 0 bridgehead atoms. The van der Waals surface area contributed by atoms with E-state index in [0.717, 1.165) is 57.8 Å². The van der Waals surface area contributed by atoms with Crippen molar-refractivity contribution < 1.29 is 24.9 Å². The third-order valence-electron chi connectivity index (χ3n) is 6.10. The normalized spacial score (nSPS) is 31.1. The number of terminal acetylenes is 1. The van der Waals surface area contributed by atoms with E-state index in [1.54, 1.807) is 0 Å². The van der Waals surface area contributed by atoms with Gasteiger partial charge in [-0.15, -0.1) is 12.3 Å². The van der Waals surface area contributed by atoms with Gasteiger partial charge < -0.3 is 20.1 Å². The summed E-state index contributed by atoms with van der Waals surface area (Å²) in [5, 5.41) is 29.2. The fraction of sp³-hybridized carbons (Fsp3) is 0.773. The lowest BCUT2D eigenvalue weighted by Crippen LogP contribution is -2.18. The van der Waals surface area contributed by atoms with Crippen LogP contribution in [0.1, 0.15) is 57.8 Å². The summed E-state index contributed by atoms with van der Waals surface area (Å²) in [7, 11) is 0. The Kier molecular flexibility index (Phi) is 9.33. The average molecular weight is 379 g/mol. The van der Waals surface area contributed by atoms with Crippen molar-refractivity contribution in [3.05, 3.63) is 12.2 Å². The molecule has 0 aromatic carbocycles. The Morgan fingerprint density at radius 1 is 1.26 bits per heavy atom. The zero-order valence-electron chi connectivity index (χ0n) is 16.1. The van der Waals surface area contributed by atoms with Crippen molar-refractivity contribution in [2.75, 3.05) is 13.2 Å². The Bertz CT molecular complexity index is 523. The number of aliphatic carboxylic acids is 1. The number of rotatable bonds is 12. The highest BCUT2D eigenvalue weighted by atomic mass is 16.5. The van der Waals surface area contributed by atoms with Crippen molar-refractivity contribution in [3.63, 3.8) is 0 Å². The van der Waals surface area contributed by atoms with E-state index in [0.29, 0.717) is 24.4 Å². The van der Waals surface area contributed by atoms with Crippen molar-refractivity contribution in [2.45, 2.75) is 70.0 Å². The minimum atomic E-state index is -0.929. The molecule has 2 saturated carbocycles. The van der Waals surface area contributed by atoms with Gasteiger partial charge in [-0.3, -0.25) is 0 Å². The molecule has 0 aliphatic heterocycles. The van der Waals surface area contributed by atoms with Crippen LogP contribution in [0.3, 0.4) is 0 Å². The summed E-state index contributed by atoms with van der Waals surface area (Å²) in [6.07, 6.45) is 16.7. The lowest BCUT2D eigenvalue weighted by molar-refractivity contribution is -0.142. The first-order chi connectivity index (χ1) is 13.0. The van der Waals surface area contributed by atoms with Crippen molar-refractivity contribution in [3.8, 4) is 12.3 Å². The number of aliphatic hydroxyl groups is 2. The highest BCUT2D eigenvalue weighted by Crippen LogP contribution is 2.51. The van der Waals surface area contributed by atoms with E-state index in [4.69, 9.17) is 16.3 Å². The van der Waals surface area contributed by atoms with Crippen LogP contribution in [-0.4, -0.2) is 46.7 Å². The maximum absolute atomic E-state index is 10.5. The van der Waals surface area contributed by atoms with Gasteiger partial charge in [-0.2, -0.15) is 0 Å². The Hall–Kier alpha value is -1.35. The van der Waals surface area contributed by atoms with Crippen LogP contribution in [0.4, 0.5) is 0 Å². The number of carboxylic acid groups (broad SMARTS) is 1. The molecule has 0 heterocycles. The summed E-state index contributed by atoms with van der Waals surface area (Å²) in [6, 6.07) is 0. The molecule has 0 amide bonds.